The Morgan fingerprint density at radius 2 is 2.25 bits per heavy atom. The van der Waals surface area contributed by atoms with Crippen LogP contribution in [0.25, 0.3) is 5.65 Å². The van der Waals surface area contributed by atoms with E-state index in [0.717, 1.165) is 30.2 Å². The topological polar surface area (TPSA) is 54.2 Å². The molecule has 0 spiro atoms. The first-order valence-corrected chi connectivity index (χ1v) is 8.32. The van der Waals surface area contributed by atoms with Crippen molar-refractivity contribution in [2.75, 3.05) is 28.7 Å². The highest BCUT2D eigenvalue weighted by Crippen LogP contribution is 2.18. The molecule has 110 valence electrons. The van der Waals surface area contributed by atoms with Crippen LogP contribution in [-0.2, 0) is 0 Å². The fraction of sp³-hybridized carbons (Fsp3) is 0.571. The monoisotopic (exact) mass is 293 g/mol. The fourth-order valence-corrected chi connectivity index (χ4v) is 2.81. The summed E-state index contributed by atoms with van der Waals surface area (Å²) >= 11 is 1.97. The fourth-order valence-electron chi connectivity index (χ4n) is 2.00. The van der Waals surface area contributed by atoms with E-state index in [-0.39, 0.29) is 0 Å². The number of nitrogens with one attached hydrogen (secondary N) is 2. The third kappa shape index (κ3) is 3.79. The van der Waals surface area contributed by atoms with Crippen molar-refractivity contribution in [1.29, 1.82) is 0 Å². The molecule has 0 aliphatic rings. The molecule has 0 fully saturated rings. The molecular weight excluding hydrogens is 270 g/mol. The van der Waals surface area contributed by atoms with Crippen LogP contribution in [0.15, 0.2) is 18.6 Å². The van der Waals surface area contributed by atoms with Gasteiger partial charge >= 0.3 is 0 Å². The van der Waals surface area contributed by atoms with Crippen LogP contribution in [0.4, 0.5) is 11.6 Å². The molecule has 0 saturated heterocycles. The standard InChI is InChI=1S/C14H23N5S/c1-4-15-12-10-19-8-7-16-14(19)13(18-12)17-11(3)6-9-20-5-2/h7-8,10-11,15H,4-6,9H2,1-3H3,(H,17,18). The van der Waals surface area contributed by atoms with Crippen molar-refractivity contribution in [3.05, 3.63) is 18.6 Å². The van der Waals surface area contributed by atoms with Crippen LogP contribution in [0, 0.1) is 0 Å². The highest BCUT2D eigenvalue weighted by atomic mass is 32.2. The summed E-state index contributed by atoms with van der Waals surface area (Å²) < 4.78 is 2.00. The van der Waals surface area contributed by atoms with E-state index in [1.54, 1.807) is 6.20 Å². The lowest BCUT2D eigenvalue weighted by atomic mass is 10.2. The first-order valence-electron chi connectivity index (χ1n) is 7.16. The highest BCUT2D eigenvalue weighted by Gasteiger charge is 2.10. The van der Waals surface area contributed by atoms with Gasteiger partial charge in [-0.15, -0.1) is 0 Å². The van der Waals surface area contributed by atoms with Crippen molar-refractivity contribution in [2.24, 2.45) is 0 Å². The minimum Gasteiger partial charge on any atom is -0.369 e. The van der Waals surface area contributed by atoms with Gasteiger partial charge in [-0.3, -0.25) is 0 Å². The van der Waals surface area contributed by atoms with Gasteiger partial charge in [0.1, 0.15) is 5.82 Å². The van der Waals surface area contributed by atoms with E-state index in [1.807, 2.05) is 28.6 Å². The maximum Gasteiger partial charge on any atom is 0.180 e. The molecule has 1 atom stereocenters. The van der Waals surface area contributed by atoms with Crippen LogP contribution in [0.2, 0.25) is 0 Å². The van der Waals surface area contributed by atoms with Crippen molar-refractivity contribution >= 4 is 29.0 Å². The summed E-state index contributed by atoms with van der Waals surface area (Å²) in [5, 5.41) is 6.73. The molecule has 0 aliphatic carbocycles. The van der Waals surface area contributed by atoms with Crippen molar-refractivity contribution in [3.8, 4) is 0 Å². The van der Waals surface area contributed by atoms with Crippen LogP contribution < -0.4 is 10.6 Å². The Morgan fingerprint density at radius 3 is 3.00 bits per heavy atom. The summed E-state index contributed by atoms with van der Waals surface area (Å²) in [6.45, 7) is 7.31. The van der Waals surface area contributed by atoms with Crippen LogP contribution in [0.5, 0.6) is 0 Å². The Hall–Kier alpha value is -1.43. The summed E-state index contributed by atoms with van der Waals surface area (Å²) in [6, 6.07) is 0.388. The SMILES string of the molecule is CCNc1cn2ccnc2c(NC(C)CCSCC)n1. The molecule has 20 heavy (non-hydrogen) atoms. The molecule has 2 rings (SSSR count). The molecule has 0 radical (unpaired) electrons. The quantitative estimate of drug-likeness (QED) is 0.732. The minimum absolute atomic E-state index is 0.388. The van der Waals surface area contributed by atoms with Gasteiger partial charge in [0, 0.05) is 25.0 Å². The first-order chi connectivity index (χ1) is 9.74. The van der Waals surface area contributed by atoms with Crippen molar-refractivity contribution in [3.63, 3.8) is 0 Å². The van der Waals surface area contributed by atoms with Gasteiger partial charge in [-0.1, -0.05) is 6.92 Å². The predicted molar refractivity (Wildman–Crippen MR) is 87.9 cm³/mol. The van der Waals surface area contributed by atoms with Gasteiger partial charge in [0.25, 0.3) is 0 Å². The van der Waals surface area contributed by atoms with Gasteiger partial charge in [0.15, 0.2) is 11.5 Å². The van der Waals surface area contributed by atoms with Crippen LogP contribution >= 0.6 is 11.8 Å². The molecule has 2 N–H and O–H groups in total. The van der Waals surface area contributed by atoms with E-state index in [9.17, 15) is 0 Å². The summed E-state index contributed by atoms with van der Waals surface area (Å²) in [6.07, 6.45) is 6.84. The third-order valence-corrected chi connectivity index (χ3v) is 3.95. The molecule has 2 aromatic heterocycles. The number of thioether (sulfide) groups is 1. The summed E-state index contributed by atoms with van der Waals surface area (Å²) in [5.41, 5.74) is 0.877. The Kier molecular flexibility index (Phi) is 5.52. The average molecular weight is 293 g/mol. The maximum absolute atomic E-state index is 4.62. The maximum atomic E-state index is 4.62. The van der Waals surface area contributed by atoms with E-state index >= 15 is 0 Å². The Bertz CT molecular complexity index is 539. The highest BCUT2D eigenvalue weighted by molar-refractivity contribution is 7.99. The van der Waals surface area contributed by atoms with Crippen molar-refractivity contribution in [2.45, 2.75) is 33.2 Å². The zero-order valence-corrected chi connectivity index (χ0v) is 13.2. The van der Waals surface area contributed by atoms with E-state index in [2.05, 4.69) is 41.4 Å². The third-order valence-electron chi connectivity index (χ3n) is 3.01. The number of imidazole rings is 1. The second kappa shape index (κ2) is 7.38. The number of rotatable bonds is 8. The largest absolute Gasteiger partial charge is 0.369 e. The predicted octanol–water partition coefficient (Wildman–Crippen LogP) is 3.10. The molecule has 0 amide bonds. The Labute approximate surface area is 124 Å². The van der Waals surface area contributed by atoms with E-state index in [4.69, 9.17) is 0 Å². The number of nitrogens with zero attached hydrogens (tertiary/aromatic N) is 3. The van der Waals surface area contributed by atoms with Crippen LogP contribution in [-0.4, -0.2) is 38.5 Å². The second-order valence-electron chi connectivity index (χ2n) is 4.69. The normalized spacial score (nSPS) is 12.6. The Morgan fingerprint density at radius 1 is 1.40 bits per heavy atom. The Balaban J connectivity index is 2.12. The first kappa shape index (κ1) is 15.0. The van der Waals surface area contributed by atoms with E-state index < -0.39 is 0 Å². The van der Waals surface area contributed by atoms with Gasteiger partial charge in [-0.05, 0) is 31.8 Å². The summed E-state index contributed by atoms with van der Waals surface area (Å²) in [5.74, 6) is 4.06. The van der Waals surface area contributed by atoms with Gasteiger partial charge in [-0.2, -0.15) is 11.8 Å². The number of hydrogen-bond acceptors (Lipinski definition) is 5. The number of aromatic nitrogens is 3. The minimum atomic E-state index is 0.388. The lowest BCUT2D eigenvalue weighted by Gasteiger charge is -2.16. The van der Waals surface area contributed by atoms with E-state index in [1.165, 1.54) is 11.5 Å². The number of anilines is 2. The summed E-state index contributed by atoms with van der Waals surface area (Å²) in [4.78, 5) is 8.99. The second-order valence-corrected chi connectivity index (χ2v) is 6.09. The number of hydrogen-bond donors (Lipinski definition) is 2. The van der Waals surface area contributed by atoms with Gasteiger partial charge in [0.2, 0.25) is 0 Å². The van der Waals surface area contributed by atoms with Crippen LogP contribution in [0.3, 0.4) is 0 Å². The van der Waals surface area contributed by atoms with Crippen LogP contribution in [0.1, 0.15) is 27.2 Å². The lowest BCUT2D eigenvalue weighted by Crippen LogP contribution is -2.18. The number of fused-ring (bicyclic) bond motifs is 1. The molecule has 0 aliphatic heterocycles. The lowest BCUT2D eigenvalue weighted by molar-refractivity contribution is 0.766. The molecular formula is C14H23N5S. The molecule has 0 aromatic carbocycles. The molecule has 0 bridgehead atoms. The van der Waals surface area contributed by atoms with E-state index in [0.29, 0.717) is 6.04 Å². The molecule has 6 heteroatoms. The molecule has 5 nitrogen and oxygen atoms in total. The van der Waals surface area contributed by atoms with Gasteiger partial charge in [0.05, 0.1) is 6.20 Å². The molecule has 2 heterocycles. The molecule has 2 aromatic rings. The summed E-state index contributed by atoms with van der Waals surface area (Å²) in [7, 11) is 0. The van der Waals surface area contributed by atoms with Gasteiger partial charge < -0.3 is 15.0 Å². The zero-order chi connectivity index (χ0) is 14.4. The zero-order valence-electron chi connectivity index (χ0n) is 12.4. The average Bonchev–Trinajstić information content (AvgIpc) is 2.88. The van der Waals surface area contributed by atoms with Crippen molar-refractivity contribution < 1.29 is 0 Å². The smallest absolute Gasteiger partial charge is 0.180 e. The molecule has 1 unspecified atom stereocenters. The van der Waals surface area contributed by atoms with Crippen molar-refractivity contribution in [1.82, 2.24) is 14.4 Å². The molecule has 0 saturated carbocycles. The van der Waals surface area contributed by atoms with Gasteiger partial charge in [-0.25, -0.2) is 9.97 Å².